The minimum absolute atomic E-state index is 0.0807. The smallest absolute Gasteiger partial charge is 0.340 e. The van der Waals surface area contributed by atoms with E-state index in [0.717, 1.165) is 42.7 Å². The predicted molar refractivity (Wildman–Crippen MR) is 155 cm³/mol. The van der Waals surface area contributed by atoms with Crippen molar-refractivity contribution in [1.82, 2.24) is 15.0 Å². The normalized spacial score (nSPS) is 14.8. The minimum atomic E-state index is -0.913. The van der Waals surface area contributed by atoms with E-state index in [4.69, 9.17) is 28.4 Å². The third-order valence-corrected chi connectivity index (χ3v) is 7.90. The molecule has 6 bridgehead atoms. The molecule has 0 saturated carbocycles. The molecule has 0 spiro atoms. The molecule has 2 aliphatic rings. The third-order valence-electron chi connectivity index (χ3n) is 7.90. The Morgan fingerprint density at radius 2 is 0.717 bits per heavy atom. The molecule has 0 saturated heterocycles. The van der Waals surface area contributed by atoms with Gasteiger partial charge in [-0.2, -0.15) is 0 Å². The average Bonchev–Trinajstić information content (AvgIpc) is 3.35. The van der Waals surface area contributed by atoms with E-state index in [1.165, 1.54) is 0 Å². The Bertz CT molecular complexity index is 1840. The quantitative estimate of drug-likeness (QED) is 0.258. The van der Waals surface area contributed by atoms with Crippen molar-refractivity contribution in [3.8, 4) is 0 Å². The van der Waals surface area contributed by atoms with Crippen LogP contribution in [0.15, 0.2) is 4.99 Å². The molecule has 1 atom stereocenters. The van der Waals surface area contributed by atoms with Crippen LogP contribution >= 0.6 is 0 Å². The van der Waals surface area contributed by atoms with Crippen molar-refractivity contribution in [2.75, 3.05) is 42.7 Å². The van der Waals surface area contributed by atoms with Crippen LogP contribution in [-0.2, 0) is 54.1 Å². The van der Waals surface area contributed by atoms with Crippen LogP contribution in [0.1, 0.15) is 96.3 Å². The van der Waals surface area contributed by atoms with Crippen LogP contribution in [0.3, 0.4) is 0 Å². The van der Waals surface area contributed by atoms with Gasteiger partial charge in [0.25, 0.3) is 0 Å². The van der Waals surface area contributed by atoms with E-state index in [1.807, 2.05) is 0 Å². The summed E-state index contributed by atoms with van der Waals surface area (Å²) in [5.41, 5.74) is 0.926. The summed E-state index contributed by atoms with van der Waals surface area (Å²) in [6, 6.07) is -0.433. The highest BCUT2D eigenvalue weighted by Gasteiger charge is 2.39. The fraction of sp³-hybridized carbons (Fsp3) is 0.367. The Kier molecular flexibility index (Phi) is 8.54. The second-order valence-corrected chi connectivity index (χ2v) is 10.3. The second-order valence-electron chi connectivity index (χ2n) is 10.3. The first kappa shape index (κ1) is 31.7. The SMILES string of the molecule is COC(=O)c1c2[nH]c(c1C(=O)OC)Cc1[nH]c(c(C(=O)OC)c1C(=O)OC)Cc1[nH]c(c(C(=O)OC)c1C(=O)OC)CC1N=C1C2. The van der Waals surface area contributed by atoms with Crippen molar-refractivity contribution in [3.63, 3.8) is 0 Å². The lowest BCUT2D eigenvalue weighted by Gasteiger charge is -2.07. The predicted octanol–water partition coefficient (Wildman–Crippen LogP) is 1.49. The number of ether oxygens (including phenoxy) is 6. The first-order chi connectivity index (χ1) is 22.0. The lowest BCUT2D eigenvalue weighted by Crippen LogP contribution is -2.16. The zero-order valence-corrected chi connectivity index (χ0v) is 25.8. The summed E-state index contributed by atoms with van der Waals surface area (Å²) >= 11 is 0. The number of esters is 6. The molecule has 16 heteroatoms. The fourth-order valence-corrected chi connectivity index (χ4v) is 5.82. The van der Waals surface area contributed by atoms with Crippen LogP contribution in [0.25, 0.3) is 0 Å². The number of methoxy groups -OCH3 is 6. The summed E-state index contributed by atoms with van der Waals surface area (Å²) in [6.45, 7) is 0. The third kappa shape index (κ3) is 5.31. The molecule has 1 unspecified atom stereocenters. The lowest BCUT2D eigenvalue weighted by atomic mass is 9.99. The highest BCUT2D eigenvalue weighted by molar-refractivity contribution is 6.10. The van der Waals surface area contributed by atoms with Crippen LogP contribution in [-0.4, -0.2) is 105 Å². The molecular formula is C30H30N4O12. The number of carbonyl (C=O) groups excluding carboxylic acids is 6. The average molecular weight is 639 g/mol. The maximum Gasteiger partial charge on any atom is 0.340 e. The maximum absolute atomic E-state index is 13.2. The van der Waals surface area contributed by atoms with E-state index in [1.54, 1.807) is 0 Å². The van der Waals surface area contributed by atoms with Crippen molar-refractivity contribution in [1.29, 1.82) is 0 Å². The number of carbonyl (C=O) groups is 6. The summed E-state index contributed by atoms with van der Waals surface area (Å²) in [6.07, 6.45) is -0.250. The molecule has 16 nitrogen and oxygen atoms in total. The van der Waals surface area contributed by atoms with Gasteiger partial charge in [-0.3, -0.25) is 4.99 Å². The van der Waals surface area contributed by atoms with Crippen LogP contribution in [0, 0.1) is 0 Å². The Balaban J connectivity index is 1.83. The Labute approximate surface area is 260 Å². The Morgan fingerprint density at radius 3 is 1.02 bits per heavy atom. The fourth-order valence-electron chi connectivity index (χ4n) is 5.82. The van der Waals surface area contributed by atoms with E-state index in [9.17, 15) is 28.8 Å². The molecule has 3 N–H and O–H groups in total. The Morgan fingerprint density at radius 1 is 0.457 bits per heavy atom. The molecule has 5 heterocycles. The molecular weight excluding hydrogens is 608 g/mol. The molecule has 0 aliphatic carbocycles. The number of rotatable bonds is 6. The van der Waals surface area contributed by atoms with Gasteiger partial charge in [-0.05, 0) is 0 Å². The lowest BCUT2D eigenvalue weighted by molar-refractivity contribution is 0.0553. The number of fused-ring (bicyclic) bond motifs is 7. The van der Waals surface area contributed by atoms with Crippen LogP contribution in [0.2, 0.25) is 0 Å². The van der Waals surface area contributed by atoms with Crippen molar-refractivity contribution in [2.24, 2.45) is 4.99 Å². The number of hydrogen-bond donors (Lipinski definition) is 3. The molecule has 0 amide bonds. The van der Waals surface area contributed by atoms with Gasteiger partial charge in [0.15, 0.2) is 0 Å². The van der Waals surface area contributed by atoms with Gasteiger partial charge < -0.3 is 43.4 Å². The zero-order valence-electron chi connectivity index (χ0n) is 25.8. The number of hydrogen-bond acceptors (Lipinski definition) is 13. The first-order valence-electron chi connectivity index (χ1n) is 13.8. The van der Waals surface area contributed by atoms with Gasteiger partial charge in [0.05, 0.1) is 82.1 Å². The molecule has 0 aromatic carbocycles. The standard InChI is InChI=1S/C30H30N4O12/c1-41-25(35)19-13-7-11-12(31-11)8-14-20(26(36)42-2)22(28(38)44-4)16(33-14)10-18-24(30(40)46-6)23(29(39)45-5)17(34-18)9-15(32-13)21(19)27(37)43-3/h11,32-34H,7-10H2,1-6H3. The number of aromatic nitrogens is 3. The van der Waals surface area contributed by atoms with Gasteiger partial charge in [0.1, 0.15) is 0 Å². The summed E-state index contributed by atoms with van der Waals surface area (Å²) in [5, 5.41) is 0. The summed E-state index contributed by atoms with van der Waals surface area (Å²) in [5.74, 6) is -5.16. The van der Waals surface area contributed by atoms with E-state index in [-0.39, 0.29) is 87.5 Å². The van der Waals surface area contributed by atoms with Gasteiger partial charge in [-0.1, -0.05) is 0 Å². The first-order valence-corrected chi connectivity index (χ1v) is 13.8. The van der Waals surface area contributed by atoms with Crippen LogP contribution in [0.5, 0.6) is 0 Å². The number of nitrogens with one attached hydrogen (secondary N) is 3. The van der Waals surface area contributed by atoms with Crippen molar-refractivity contribution in [3.05, 3.63) is 67.5 Å². The molecule has 0 radical (unpaired) electrons. The largest absolute Gasteiger partial charge is 0.465 e. The molecule has 3 aromatic rings. The van der Waals surface area contributed by atoms with Gasteiger partial charge in [-0.25, -0.2) is 28.8 Å². The van der Waals surface area contributed by atoms with Crippen molar-refractivity contribution in [2.45, 2.75) is 31.7 Å². The minimum Gasteiger partial charge on any atom is -0.465 e. The molecule has 3 aromatic heterocycles. The van der Waals surface area contributed by atoms with E-state index in [2.05, 4.69) is 19.9 Å². The van der Waals surface area contributed by atoms with Gasteiger partial charge in [0.2, 0.25) is 0 Å². The second kappa shape index (κ2) is 12.4. The number of aliphatic imine (C=N–C) groups is 1. The molecule has 46 heavy (non-hydrogen) atoms. The van der Waals surface area contributed by atoms with Crippen LogP contribution < -0.4 is 0 Å². The number of H-pyrrole nitrogens is 3. The highest BCUT2D eigenvalue weighted by atomic mass is 16.5. The van der Waals surface area contributed by atoms with Gasteiger partial charge in [0, 0.05) is 65.6 Å². The van der Waals surface area contributed by atoms with E-state index in [0.29, 0.717) is 11.4 Å². The zero-order chi connectivity index (χ0) is 33.4. The monoisotopic (exact) mass is 638 g/mol. The highest BCUT2D eigenvalue weighted by Crippen LogP contribution is 2.34. The van der Waals surface area contributed by atoms with Crippen molar-refractivity contribution >= 4 is 41.5 Å². The summed E-state index contributed by atoms with van der Waals surface area (Å²) in [7, 11) is 6.87. The molecule has 0 fully saturated rings. The van der Waals surface area contributed by atoms with Crippen LogP contribution in [0.4, 0.5) is 0 Å². The van der Waals surface area contributed by atoms with Gasteiger partial charge in [-0.15, -0.1) is 0 Å². The summed E-state index contributed by atoms with van der Waals surface area (Å²) < 4.78 is 30.0. The number of nitrogens with zero attached hydrogens (tertiary/aromatic N) is 1. The Hall–Kier alpha value is -5.67. The molecule has 242 valence electrons. The molecule has 2 aliphatic heterocycles. The van der Waals surface area contributed by atoms with E-state index < -0.39 is 41.9 Å². The van der Waals surface area contributed by atoms with E-state index >= 15 is 0 Å². The summed E-state index contributed by atoms with van der Waals surface area (Å²) in [4.78, 5) is 92.5. The molecule has 5 rings (SSSR count). The van der Waals surface area contributed by atoms with Gasteiger partial charge >= 0.3 is 35.8 Å². The maximum atomic E-state index is 13.2. The topological polar surface area (TPSA) is 218 Å². The number of aromatic amines is 3. The van der Waals surface area contributed by atoms with Crippen molar-refractivity contribution < 1.29 is 57.2 Å².